The zero-order valence-electron chi connectivity index (χ0n) is 11.2. The molecule has 0 bridgehead atoms. The van der Waals surface area contributed by atoms with Crippen molar-refractivity contribution in [2.24, 2.45) is 0 Å². The van der Waals surface area contributed by atoms with Gasteiger partial charge < -0.3 is 14.2 Å². The van der Waals surface area contributed by atoms with Gasteiger partial charge in [-0.3, -0.25) is 0 Å². The standard InChI is InChI=1S/C14H12BrNO4S/c1-2-18-14(17)10-7-21-13(16-10)8-5-9(15)12-11(6-8)19-3-4-20-12/h5-7H,2-4H2,1H3. The summed E-state index contributed by atoms with van der Waals surface area (Å²) in [6, 6.07) is 3.77. The number of nitrogens with zero attached hydrogens (tertiary/aromatic N) is 1. The van der Waals surface area contributed by atoms with E-state index in [1.807, 2.05) is 12.1 Å². The number of aromatic nitrogens is 1. The average Bonchev–Trinajstić information content (AvgIpc) is 2.97. The third-order valence-corrected chi connectivity index (χ3v) is 4.31. The monoisotopic (exact) mass is 369 g/mol. The molecular weight excluding hydrogens is 358 g/mol. The molecule has 0 radical (unpaired) electrons. The molecule has 0 spiro atoms. The maximum atomic E-state index is 11.7. The van der Waals surface area contributed by atoms with Crippen LogP contribution in [0.15, 0.2) is 22.0 Å². The second kappa shape index (κ2) is 6.03. The maximum Gasteiger partial charge on any atom is 0.357 e. The number of carbonyl (C=O) groups excluding carboxylic acids is 1. The van der Waals surface area contributed by atoms with Crippen molar-refractivity contribution in [1.82, 2.24) is 4.98 Å². The van der Waals surface area contributed by atoms with Gasteiger partial charge in [0.2, 0.25) is 0 Å². The number of hydrogen-bond donors (Lipinski definition) is 0. The van der Waals surface area contributed by atoms with Crippen LogP contribution in [-0.4, -0.2) is 30.8 Å². The highest BCUT2D eigenvalue weighted by Crippen LogP contribution is 2.41. The fourth-order valence-corrected chi connectivity index (χ4v) is 3.27. The molecule has 2 heterocycles. The molecule has 0 saturated carbocycles. The summed E-state index contributed by atoms with van der Waals surface area (Å²) < 4.78 is 16.9. The Hall–Kier alpha value is -1.60. The lowest BCUT2D eigenvalue weighted by Crippen LogP contribution is -2.15. The van der Waals surface area contributed by atoms with Gasteiger partial charge in [0, 0.05) is 10.9 Å². The molecule has 0 fully saturated rings. The summed E-state index contributed by atoms with van der Waals surface area (Å²) in [5, 5.41) is 2.42. The van der Waals surface area contributed by atoms with Gasteiger partial charge in [0.15, 0.2) is 17.2 Å². The Morgan fingerprint density at radius 1 is 1.43 bits per heavy atom. The molecule has 0 atom stereocenters. The quantitative estimate of drug-likeness (QED) is 0.774. The van der Waals surface area contributed by atoms with Crippen LogP contribution in [0.1, 0.15) is 17.4 Å². The number of esters is 1. The minimum Gasteiger partial charge on any atom is -0.486 e. The van der Waals surface area contributed by atoms with Crippen molar-refractivity contribution >= 4 is 33.2 Å². The van der Waals surface area contributed by atoms with Crippen molar-refractivity contribution in [2.75, 3.05) is 19.8 Å². The highest BCUT2D eigenvalue weighted by atomic mass is 79.9. The summed E-state index contributed by atoms with van der Waals surface area (Å²) in [5.74, 6) is 0.974. The van der Waals surface area contributed by atoms with Crippen LogP contribution in [0.3, 0.4) is 0 Å². The third kappa shape index (κ3) is 2.89. The number of fused-ring (bicyclic) bond motifs is 1. The van der Waals surface area contributed by atoms with Crippen molar-refractivity contribution in [3.05, 3.63) is 27.7 Å². The van der Waals surface area contributed by atoms with Gasteiger partial charge in [0.1, 0.15) is 18.2 Å². The van der Waals surface area contributed by atoms with E-state index in [1.165, 1.54) is 11.3 Å². The van der Waals surface area contributed by atoms with Crippen LogP contribution in [-0.2, 0) is 4.74 Å². The lowest BCUT2D eigenvalue weighted by Gasteiger charge is -2.20. The molecule has 1 aliphatic heterocycles. The molecule has 5 nitrogen and oxygen atoms in total. The van der Waals surface area contributed by atoms with Crippen molar-refractivity contribution in [3.63, 3.8) is 0 Å². The molecular formula is C14H12BrNO4S. The second-order valence-corrected chi connectivity index (χ2v) is 5.95. The first-order valence-electron chi connectivity index (χ1n) is 6.41. The molecule has 0 aliphatic carbocycles. The SMILES string of the molecule is CCOC(=O)c1csc(-c2cc(Br)c3c(c2)OCCO3)n1. The zero-order chi connectivity index (χ0) is 14.8. The van der Waals surface area contributed by atoms with Gasteiger partial charge in [-0.05, 0) is 35.0 Å². The smallest absolute Gasteiger partial charge is 0.357 e. The number of thiazole rings is 1. The highest BCUT2D eigenvalue weighted by molar-refractivity contribution is 9.10. The van der Waals surface area contributed by atoms with Crippen LogP contribution in [0.2, 0.25) is 0 Å². The lowest BCUT2D eigenvalue weighted by molar-refractivity contribution is 0.0520. The molecule has 7 heteroatoms. The van der Waals surface area contributed by atoms with Crippen LogP contribution >= 0.6 is 27.3 Å². The Morgan fingerprint density at radius 3 is 3.05 bits per heavy atom. The fourth-order valence-electron chi connectivity index (χ4n) is 1.94. The first-order chi connectivity index (χ1) is 10.2. The van der Waals surface area contributed by atoms with Crippen molar-refractivity contribution in [2.45, 2.75) is 6.92 Å². The summed E-state index contributed by atoms with van der Waals surface area (Å²) in [4.78, 5) is 16.0. The van der Waals surface area contributed by atoms with E-state index in [4.69, 9.17) is 14.2 Å². The number of carbonyl (C=O) groups is 1. The molecule has 3 rings (SSSR count). The van der Waals surface area contributed by atoms with E-state index in [-0.39, 0.29) is 0 Å². The molecule has 0 N–H and O–H groups in total. The molecule has 1 aromatic heterocycles. The van der Waals surface area contributed by atoms with Gasteiger partial charge in [0.25, 0.3) is 0 Å². The van der Waals surface area contributed by atoms with Crippen molar-refractivity contribution < 1.29 is 19.0 Å². The van der Waals surface area contributed by atoms with Crippen molar-refractivity contribution in [3.8, 4) is 22.1 Å². The first kappa shape index (κ1) is 14.3. The number of rotatable bonds is 3. The molecule has 1 aliphatic rings. The van der Waals surface area contributed by atoms with Gasteiger partial charge in [0.05, 0.1) is 11.1 Å². The van der Waals surface area contributed by atoms with Crippen molar-refractivity contribution in [1.29, 1.82) is 0 Å². The molecule has 21 heavy (non-hydrogen) atoms. The Balaban J connectivity index is 1.94. The maximum absolute atomic E-state index is 11.7. The Kier molecular flexibility index (Phi) is 4.12. The average molecular weight is 370 g/mol. The van der Waals surface area contributed by atoms with Crippen LogP contribution in [0.5, 0.6) is 11.5 Å². The minimum atomic E-state index is -0.406. The largest absolute Gasteiger partial charge is 0.486 e. The summed E-state index contributed by atoms with van der Waals surface area (Å²) in [7, 11) is 0. The molecule has 110 valence electrons. The minimum absolute atomic E-state index is 0.322. The fraction of sp³-hybridized carbons (Fsp3) is 0.286. The molecule has 2 aromatic rings. The van der Waals surface area contributed by atoms with E-state index >= 15 is 0 Å². The summed E-state index contributed by atoms with van der Waals surface area (Å²) in [6.45, 7) is 3.16. The van der Waals surface area contributed by atoms with E-state index in [2.05, 4.69) is 20.9 Å². The number of benzene rings is 1. The van der Waals surface area contributed by atoms with Crippen LogP contribution in [0.4, 0.5) is 0 Å². The Morgan fingerprint density at radius 2 is 2.24 bits per heavy atom. The normalized spacial score (nSPS) is 13.0. The number of ether oxygens (including phenoxy) is 3. The van der Waals surface area contributed by atoms with Crippen LogP contribution < -0.4 is 9.47 Å². The van der Waals surface area contributed by atoms with E-state index < -0.39 is 5.97 Å². The zero-order valence-corrected chi connectivity index (χ0v) is 13.6. The number of halogens is 1. The summed E-state index contributed by atoms with van der Waals surface area (Å²) in [6.07, 6.45) is 0. The first-order valence-corrected chi connectivity index (χ1v) is 8.08. The Labute approximate surface area is 134 Å². The molecule has 0 amide bonds. The lowest BCUT2D eigenvalue weighted by atomic mass is 10.2. The van der Waals surface area contributed by atoms with Gasteiger partial charge >= 0.3 is 5.97 Å². The van der Waals surface area contributed by atoms with E-state index in [1.54, 1.807) is 12.3 Å². The summed E-state index contributed by atoms with van der Waals surface area (Å²) >= 11 is 4.86. The summed E-state index contributed by atoms with van der Waals surface area (Å²) in [5.41, 5.74) is 1.19. The second-order valence-electron chi connectivity index (χ2n) is 4.24. The van der Waals surface area contributed by atoms with E-state index in [0.717, 1.165) is 15.0 Å². The molecule has 0 saturated heterocycles. The van der Waals surface area contributed by atoms with Gasteiger partial charge in [-0.2, -0.15) is 0 Å². The molecule has 0 unspecified atom stereocenters. The van der Waals surface area contributed by atoms with Gasteiger partial charge in [-0.15, -0.1) is 11.3 Å². The van der Waals surface area contributed by atoms with E-state index in [0.29, 0.717) is 37.0 Å². The highest BCUT2D eigenvalue weighted by Gasteiger charge is 2.19. The predicted octanol–water partition coefficient (Wildman–Crippen LogP) is 3.52. The topological polar surface area (TPSA) is 57.7 Å². The molecule has 1 aromatic carbocycles. The van der Waals surface area contributed by atoms with Gasteiger partial charge in [-0.1, -0.05) is 0 Å². The predicted molar refractivity (Wildman–Crippen MR) is 82.2 cm³/mol. The van der Waals surface area contributed by atoms with Crippen LogP contribution in [0.25, 0.3) is 10.6 Å². The third-order valence-electron chi connectivity index (χ3n) is 2.83. The Bertz CT molecular complexity index is 686. The number of hydrogen-bond acceptors (Lipinski definition) is 6. The van der Waals surface area contributed by atoms with Crippen LogP contribution in [0, 0.1) is 0 Å². The van der Waals surface area contributed by atoms with E-state index in [9.17, 15) is 4.79 Å². The van der Waals surface area contributed by atoms with Gasteiger partial charge in [-0.25, -0.2) is 9.78 Å².